The van der Waals surface area contributed by atoms with E-state index in [-0.39, 0.29) is 48.7 Å². The van der Waals surface area contributed by atoms with Crippen LogP contribution in [0.1, 0.15) is 72.7 Å². The van der Waals surface area contributed by atoms with Crippen molar-refractivity contribution in [1.29, 1.82) is 0 Å². The van der Waals surface area contributed by atoms with Gasteiger partial charge in [0.15, 0.2) is 5.13 Å². The molecule has 0 saturated carbocycles. The summed E-state index contributed by atoms with van der Waals surface area (Å²) < 4.78 is 30.6. The maximum absolute atomic E-state index is 13.5. The van der Waals surface area contributed by atoms with Gasteiger partial charge in [-0.2, -0.15) is 0 Å². The summed E-state index contributed by atoms with van der Waals surface area (Å²) in [6.45, 7) is 0.713. The number of hydrogen-bond donors (Lipinski definition) is 5. The zero-order chi connectivity index (χ0) is 44.7. The third-order valence-corrected chi connectivity index (χ3v) is 11.9. The van der Waals surface area contributed by atoms with Gasteiger partial charge >= 0.3 is 0 Å². The number of rotatable bonds is 18. The average molecular weight is 895 g/mol. The van der Waals surface area contributed by atoms with Gasteiger partial charge in [0.25, 0.3) is 29.5 Å². The maximum Gasteiger partial charge on any atom is 0.262 e. The van der Waals surface area contributed by atoms with Gasteiger partial charge in [-0.15, -0.1) is 11.3 Å². The van der Waals surface area contributed by atoms with E-state index in [1.165, 1.54) is 29.7 Å². The largest absolute Gasteiger partial charge is 0.385 e. The number of fused-ring (bicyclic) bond motifs is 1. The van der Waals surface area contributed by atoms with Gasteiger partial charge in [-0.25, -0.2) is 13.4 Å². The van der Waals surface area contributed by atoms with E-state index < -0.39 is 57.6 Å². The molecule has 0 radical (unpaired) electrons. The minimum atomic E-state index is -3.63. The topological polar surface area (TPSA) is 244 Å². The van der Waals surface area contributed by atoms with Gasteiger partial charge < -0.3 is 26.0 Å². The second-order valence-electron chi connectivity index (χ2n) is 14.7. The van der Waals surface area contributed by atoms with Crippen LogP contribution in [0.4, 0.5) is 10.8 Å². The number of unbranched alkanes of at least 4 members (excludes halogenated alkanes) is 1. The standard InChI is InChI=1S/C43H42N8O10S2/c1-63(59,60)50-20-17-29(22-50)38(54)46-33(39(55)49-43-47-34(25-62-43)27-7-3-2-4-8-27)24-61-23-26-9-11-28(12-10-26)37(53)45-19-6-5-18-44-30-13-14-31-32(21-30)42(58)51(41(31)57)35-15-16-36(52)48-40(35)56/h2-4,7-14,17,20-22,25,33,35,44H,5-6,15-16,18-19,23-24H2,1H3,(H,45,53)(H,46,54)(H,47,49,55)(H,48,52,56)/t33-,35?/m0/s1. The summed E-state index contributed by atoms with van der Waals surface area (Å²) in [5, 5.41) is 15.7. The molecule has 2 aromatic heterocycles. The van der Waals surface area contributed by atoms with Gasteiger partial charge in [-0.1, -0.05) is 42.5 Å². The van der Waals surface area contributed by atoms with Crippen molar-refractivity contribution < 1.29 is 46.7 Å². The molecule has 2 aliphatic rings. The van der Waals surface area contributed by atoms with Crippen molar-refractivity contribution >= 4 is 73.5 Å². The summed E-state index contributed by atoms with van der Waals surface area (Å²) in [4.78, 5) is 94.8. The zero-order valence-electron chi connectivity index (χ0n) is 33.8. The second kappa shape index (κ2) is 19.3. The highest BCUT2D eigenvalue weighted by molar-refractivity contribution is 7.89. The number of amides is 7. The lowest BCUT2D eigenvalue weighted by atomic mass is 10.0. The molecule has 326 valence electrons. The number of carbonyl (C=O) groups excluding carboxylic acids is 7. The second-order valence-corrected chi connectivity index (χ2v) is 17.5. The first kappa shape index (κ1) is 44.0. The molecule has 2 atom stereocenters. The molecule has 1 unspecified atom stereocenters. The van der Waals surface area contributed by atoms with Crippen molar-refractivity contribution in [1.82, 2.24) is 29.8 Å². The number of nitrogens with zero attached hydrogens (tertiary/aromatic N) is 3. The number of aromatic nitrogens is 2. The van der Waals surface area contributed by atoms with Crippen molar-refractivity contribution in [3.63, 3.8) is 0 Å². The first-order valence-electron chi connectivity index (χ1n) is 19.8. The molecule has 0 bridgehead atoms. The highest BCUT2D eigenvalue weighted by Crippen LogP contribution is 2.30. The molecule has 4 heterocycles. The van der Waals surface area contributed by atoms with Crippen molar-refractivity contribution in [2.75, 3.05) is 36.6 Å². The molecule has 1 fully saturated rings. The Morgan fingerprint density at radius 3 is 2.38 bits per heavy atom. The summed E-state index contributed by atoms with van der Waals surface area (Å²) >= 11 is 1.21. The first-order valence-corrected chi connectivity index (χ1v) is 22.5. The van der Waals surface area contributed by atoms with Crippen LogP contribution in [0.5, 0.6) is 0 Å². The van der Waals surface area contributed by atoms with E-state index in [1.54, 1.807) is 41.8 Å². The fourth-order valence-corrected chi connectivity index (χ4v) is 8.13. The van der Waals surface area contributed by atoms with Gasteiger partial charge in [0.2, 0.25) is 21.8 Å². The summed E-state index contributed by atoms with van der Waals surface area (Å²) in [6, 6.07) is 20.0. The molecule has 63 heavy (non-hydrogen) atoms. The Balaban J connectivity index is 0.860. The molecule has 0 aliphatic carbocycles. The van der Waals surface area contributed by atoms with Crippen LogP contribution in [0, 0.1) is 0 Å². The summed E-state index contributed by atoms with van der Waals surface area (Å²) in [5.74, 6) is -3.82. The van der Waals surface area contributed by atoms with Crippen LogP contribution in [0.15, 0.2) is 96.6 Å². The van der Waals surface area contributed by atoms with Crippen LogP contribution >= 0.6 is 11.3 Å². The molecular weight excluding hydrogens is 853 g/mol. The average Bonchev–Trinajstić information content (AvgIpc) is 4.02. The zero-order valence-corrected chi connectivity index (χ0v) is 35.4. The Labute approximate surface area is 365 Å². The van der Waals surface area contributed by atoms with Crippen LogP contribution in [0.2, 0.25) is 0 Å². The highest BCUT2D eigenvalue weighted by atomic mass is 32.2. The Kier molecular flexibility index (Phi) is 13.5. The summed E-state index contributed by atoms with van der Waals surface area (Å²) in [7, 11) is -3.63. The van der Waals surface area contributed by atoms with Crippen molar-refractivity contribution in [2.45, 2.75) is 44.4 Å². The third kappa shape index (κ3) is 10.7. The Bertz CT molecular complexity index is 2680. The van der Waals surface area contributed by atoms with E-state index in [9.17, 15) is 42.0 Å². The van der Waals surface area contributed by atoms with Crippen molar-refractivity contribution in [2.24, 2.45) is 0 Å². The molecule has 0 spiro atoms. The van der Waals surface area contributed by atoms with Crippen LogP contribution < -0.4 is 26.6 Å². The molecule has 5 N–H and O–H groups in total. The molecule has 7 amide bonds. The molecular formula is C43H42N8O10S2. The number of nitrogens with one attached hydrogen (secondary N) is 5. The number of hydrogen-bond acceptors (Lipinski definition) is 13. The molecule has 2 aliphatic heterocycles. The Hall–Kier alpha value is -7.03. The number of piperidine rings is 1. The molecule has 3 aromatic carbocycles. The lowest BCUT2D eigenvalue weighted by molar-refractivity contribution is -0.136. The molecule has 1 saturated heterocycles. The molecule has 20 heteroatoms. The third-order valence-electron chi connectivity index (χ3n) is 10.2. The summed E-state index contributed by atoms with van der Waals surface area (Å²) in [5.41, 5.74) is 3.67. The van der Waals surface area contributed by atoms with Gasteiger partial charge in [-0.3, -0.25) is 47.8 Å². The van der Waals surface area contributed by atoms with Crippen LogP contribution in [-0.2, 0) is 35.8 Å². The number of anilines is 2. The lowest BCUT2D eigenvalue weighted by Gasteiger charge is -2.27. The number of ether oxygens (including phenoxy) is 1. The fraction of sp³-hybridized carbons (Fsp3) is 0.256. The SMILES string of the molecule is CS(=O)(=O)n1ccc(C(=O)N[C@@H](COCc2ccc(C(=O)NCCCCNc3ccc4c(c3)C(=O)N(C3CCC(=O)NC3=O)C4=O)cc2)C(=O)Nc2nc(-c3ccccc3)cs2)c1. The van der Waals surface area contributed by atoms with E-state index in [0.717, 1.165) is 26.9 Å². The predicted molar refractivity (Wildman–Crippen MR) is 231 cm³/mol. The highest BCUT2D eigenvalue weighted by Gasteiger charge is 2.44. The Morgan fingerprint density at radius 1 is 0.905 bits per heavy atom. The molecule has 7 rings (SSSR count). The van der Waals surface area contributed by atoms with Crippen LogP contribution in [-0.4, -0.2) is 102 Å². The van der Waals surface area contributed by atoms with Crippen LogP contribution in [0.3, 0.4) is 0 Å². The van der Waals surface area contributed by atoms with Gasteiger partial charge in [0.05, 0.1) is 41.9 Å². The van der Waals surface area contributed by atoms with E-state index >= 15 is 0 Å². The van der Waals surface area contributed by atoms with E-state index in [4.69, 9.17) is 4.74 Å². The van der Waals surface area contributed by atoms with E-state index in [0.29, 0.717) is 53.6 Å². The smallest absolute Gasteiger partial charge is 0.262 e. The van der Waals surface area contributed by atoms with E-state index in [1.807, 2.05) is 30.3 Å². The van der Waals surface area contributed by atoms with Gasteiger partial charge in [0.1, 0.15) is 12.1 Å². The number of thiazole rings is 1. The lowest BCUT2D eigenvalue weighted by Crippen LogP contribution is -2.54. The normalized spacial score (nSPS) is 15.4. The van der Waals surface area contributed by atoms with Crippen LogP contribution in [0.25, 0.3) is 11.3 Å². The monoisotopic (exact) mass is 894 g/mol. The predicted octanol–water partition coefficient (Wildman–Crippen LogP) is 3.40. The number of carbonyl (C=O) groups is 7. The van der Waals surface area contributed by atoms with E-state index in [2.05, 4.69) is 31.6 Å². The summed E-state index contributed by atoms with van der Waals surface area (Å²) in [6.07, 6.45) is 4.81. The first-order chi connectivity index (χ1) is 30.2. The van der Waals surface area contributed by atoms with Gasteiger partial charge in [-0.05, 0) is 61.2 Å². The van der Waals surface area contributed by atoms with Crippen molar-refractivity contribution in [3.8, 4) is 11.3 Å². The van der Waals surface area contributed by atoms with Gasteiger partial charge in [0, 0.05) is 54.1 Å². The minimum absolute atomic E-state index is 0.0283. The Morgan fingerprint density at radius 2 is 1.65 bits per heavy atom. The fourth-order valence-electron chi connectivity index (χ4n) is 6.82. The molecule has 18 nitrogen and oxygen atoms in total. The number of imide groups is 2. The molecule has 5 aromatic rings. The maximum atomic E-state index is 13.5. The minimum Gasteiger partial charge on any atom is -0.385 e. The van der Waals surface area contributed by atoms with Crippen molar-refractivity contribution in [3.05, 3.63) is 124 Å². The number of benzene rings is 3. The quantitative estimate of drug-likeness (QED) is 0.0628.